The second kappa shape index (κ2) is 6.42. The topological polar surface area (TPSA) is 20.2 Å². The van der Waals surface area contributed by atoms with Gasteiger partial charge >= 0.3 is 0 Å². The summed E-state index contributed by atoms with van der Waals surface area (Å²) in [6.45, 7) is 10.8. The molecule has 0 aliphatic carbocycles. The molecular formula is C12H26O. The van der Waals surface area contributed by atoms with Gasteiger partial charge in [-0.1, -0.05) is 40.5 Å². The molecule has 0 radical (unpaired) electrons. The largest absolute Gasteiger partial charge is 0.393 e. The first-order valence-electron chi connectivity index (χ1n) is 5.70. The zero-order chi connectivity index (χ0) is 10.4. The van der Waals surface area contributed by atoms with E-state index in [2.05, 4.69) is 27.7 Å². The molecule has 0 heterocycles. The number of aliphatic hydroxyl groups excluding tert-OH is 1. The summed E-state index contributed by atoms with van der Waals surface area (Å²) in [5, 5.41) is 9.51. The van der Waals surface area contributed by atoms with Crippen LogP contribution < -0.4 is 0 Å². The first-order valence-corrected chi connectivity index (χ1v) is 5.70. The lowest BCUT2D eigenvalue weighted by molar-refractivity contribution is 0.0874. The van der Waals surface area contributed by atoms with Gasteiger partial charge in [0.2, 0.25) is 0 Å². The third kappa shape index (κ3) is 4.66. The molecule has 1 nitrogen and oxygen atoms in total. The fourth-order valence-corrected chi connectivity index (χ4v) is 1.83. The van der Waals surface area contributed by atoms with Crippen LogP contribution in [0.5, 0.6) is 0 Å². The van der Waals surface area contributed by atoms with Crippen molar-refractivity contribution in [3.8, 4) is 0 Å². The molecule has 0 saturated carbocycles. The molecular weight excluding hydrogens is 160 g/mol. The molecule has 80 valence electrons. The Labute approximate surface area is 83.5 Å². The molecule has 0 rings (SSSR count). The smallest absolute Gasteiger partial charge is 0.0540 e. The summed E-state index contributed by atoms with van der Waals surface area (Å²) in [7, 11) is 0. The Kier molecular flexibility index (Phi) is 6.40. The van der Waals surface area contributed by atoms with E-state index in [0.717, 1.165) is 5.92 Å². The average molecular weight is 186 g/mol. The van der Waals surface area contributed by atoms with Crippen molar-refractivity contribution in [1.82, 2.24) is 0 Å². The van der Waals surface area contributed by atoms with Gasteiger partial charge in [0.25, 0.3) is 0 Å². The number of hydrogen-bond donors (Lipinski definition) is 1. The molecule has 0 aromatic carbocycles. The zero-order valence-corrected chi connectivity index (χ0v) is 9.88. The fourth-order valence-electron chi connectivity index (χ4n) is 1.83. The van der Waals surface area contributed by atoms with Crippen molar-refractivity contribution < 1.29 is 5.11 Å². The highest BCUT2D eigenvalue weighted by Gasteiger charge is 2.21. The normalized spacial score (nSPS) is 20.8. The minimum absolute atomic E-state index is 0.158. The maximum atomic E-state index is 9.51. The Morgan fingerprint density at radius 1 is 1.00 bits per heavy atom. The number of rotatable bonds is 6. The first kappa shape index (κ1) is 13.0. The summed E-state index contributed by atoms with van der Waals surface area (Å²) in [4.78, 5) is 0. The maximum Gasteiger partial charge on any atom is 0.0540 e. The number of hydrogen-bond acceptors (Lipinski definition) is 1. The highest BCUT2D eigenvalue weighted by molar-refractivity contribution is 4.71. The second-order valence-corrected chi connectivity index (χ2v) is 4.52. The molecule has 0 aliphatic rings. The van der Waals surface area contributed by atoms with E-state index in [1.165, 1.54) is 19.3 Å². The van der Waals surface area contributed by atoms with Crippen LogP contribution in [0.25, 0.3) is 0 Å². The van der Waals surface area contributed by atoms with Crippen molar-refractivity contribution in [3.63, 3.8) is 0 Å². The molecule has 13 heavy (non-hydrogen) atoms. The van der Waals surface area contributed by atoms with Gasteiger partial charge in [0.1, 0.15) is 0 Å². The van der Waals surface area contributed by atoms with Gasteiger partial charge in [0, 0.05) is 0 Å². The Hall–Kier alpha value is -0.0400. The van der Waals surface area contributed by atoms with E-state index in [1.807, 2.05) is 6.92 Å². The van der Waals surface area contributed by atoms with Gasteiger partial charge in [-0.3, -0.25) is 0 Å². The average Bonchev–Trinajstić information content (AvgIpc) is 2.12. The minimum atomic E-state index is -0.158. The van der Waals surface area contributed by atoms with Gasteiger partial charge in [-0.05, 0) is 31.1 Å². The molecule has 0 saturated heterocycles. The van der Waals surface area contributed by atoms with Crippen molar-refractivity contribution in [2.24, 2.45) is 17.8 Å². The van der Waals surface area contributed by atoms with Gasteiger partial charge in [-0.2, -0.15) is 0 Å². The Morgan fingerprint density at radius 3 is 1.85 bits per heavy atom. The summed E-state index contributed by atoms with van der Waals surface area (Å²) in [5.41, 5.74) is 0. The highest BCUT2D eigenvalue weighted by Crippen LogP contribution is 2.27. The maximum absolute atomic E-state index is 9.51. The molecule has 0 bridgehead atoms. The summed E-state index contributed by atoms with van der Waals surface area (Å²) >= 11 is 0. The quantitative estimate of drug-likeness (QED) is 0.673. The molecule has 0 fully saturated rings. The van der Waals surface area contributed by atoms with Gasteiger partial charge in [0.05, 0.1) is 6.10 Å². The van der Waals surface area contributed by atoms with Gasteiger partial charge in [-0.25, -0.2) is 0 Å². The third-order valence-electron chi connectivity index (χ3n) is 3.43. The molecule has 4 unspecified atom stereocenters. The van der Waals surface area contributed by atoms with Crippen LogP contribution in [-0.2, 0) is 0 Å². The van der Waals surface area contributed by atoms with Crippen molar-refractivity contribution in [3.05, 3.63) is 0 Å². The third-order valence-corrected chi connectivity index (χ3v) is 3.43. The Bertz CT molecular complexity index is 120. The van der Waals surface area contributed by atoms with Crippen LogP contribution in [0.15, 0.2) is 0 Å². The van der Waals surface area contributed by atoms with E-state index in [-0.39, 0.29) is 6.10 Å². The van der Waals surface area contributed by atoms with Crippen molar-refractivity contribution in [2.45, 2.75) is 60.0 Å². The minimum Gasteiger partial charge on any atom is -0.393 e. The molecule has 0 aliphatic heterocycles. The zero-order valence-electron chi connectivity index (χ0n) is 9.88. The van der Waals surface area contributed by atoms with E-state index in [9.17, 15) is 5.11 Å². The molecule has 0 aromatic rings. The van der Waals surface area contributed by atoms with Crippen LogP contribution in [0.2, 0.25) is 0 Å². The van der Waals surface area contributed by atoms with Crippen molar-refractivity contribution in [2.75, 3.05) is 0 Å². The SMILES string of the molecule is CCC(C)CC(CC)C(C)C(C)O. The van der Waals surface area contributed by atoms with Gasteiger partial charge in [-0.15, -0.1) is 0 Å². The van der Waals surface area contributed by atoms with Crippen LogP contribution in [-0.4, -0.2) is 11.2 Å². The van der Waals surface area contributed by atoms with Crippen LogP contribution >= 0.6 is 0 Å². The molecule has 0 aromatic heterocycles. The Balaban J connectivity index is 4.01. The van der Waals surface area contributed by atoms with Crippen LogP contribution in [0.1, 0.15) is 53.9 Å². The van der Waals surface area contributed by atoms with Crippen molar-refractivity contribution >= 4 is 0 Å². The highest BCUT2D eigenvalue weighted by atomic mass is 16.3. The lowest BCUT2D eigenvalue weighted by Gasteiger charge is -2.27. The standard InChI is InChI=1S/C12H26O/c1-6-9(3)8-12(7-2)10(4)11(5)13/h9-13H,6-8H2,1-5H3. The predicted octanol–water partition coefficient (Wildman–Crippen LogP) is 3.47. The van der Waals surface area contributed by atoms with E-state index in [0.29, 0.717) is 11.8 Å². The number of aliphatic hydroxyl groups is 1. The van der Waals surface area contributed by atoms with E-state index < -0.39 is 0 Å². The van der Waals surface area contributed by atoms with Crippen LogP contribution in [0, 0.1) is 17.8 Å². The summed E-state index contributed by atoms with van der Waals surface area (Å²) in [6.07, 6.45) is 3.55. The molecule has 4 atom stereocenters. The molecule has 0 amide bonds. The monoisotopic (exact) mass is 186 g/mol. The summed E-state index contributed by atoms with van der Waals surface area (Å²) < 4.78 is 0. The first-order chi connectivity index (χ1) is 6.02. The molecule has 0 spiro atoms. The van der Waals surface area contributed by atoms with Crippen molar-refractivity contribution in [1.29, 1.82) is 0 Å². The summed E-state index contributed by atoms with van der Waals surface area (Å²) in [6, 6.07) is 0. The lowest BCUT2D eigenvalue weighted by Crippen LogP contribution is -2.23. The molecule has 1 heteroatoms. The van der Waals surface area contributed by atoms with Gasteiger partial charge < -0.3 is 5.11 Å². The second-order valence-electron chi connectivity index (χ2n) is 4.52. The van der Waals surface area contributed by atoms with E-state index >= 15 is 0 Å². The lowest BCUT2D eigenvalue weighted by atomic mass is 9.81. The predicted molar refractivity (Wildman–Crippen MR) is 58.7 cm³/mol. The van der Waals surface area contributed by atoms with E-state index in [1.54, 1.807) is 0 Å². The van der Waals surface area contributed by atoms with E-state index in [4.69, 9.17) is 0 Å². The van der Waals surface area contributed by atoms with Crippen LogP contribution in [0.4, 0.5) is 0 Å². The molecule has 1 N–H and O–H groups in total. The van der Waals surface area contributed by atoms with Gasteiger partial charge in [0.15, 0.2) is 0 Å². The Morgan fingerprint density at radius 2 is 1.54 bits per heavy atom. The fraction of sp³-hybridized carbons (Fsp3) is 1.00. The van der Waals surface area contributed by atoms with Crippen LogP contribution in [0.3, 0.4) is 0 Å². The summed E-state index contributed by atoms with van der Waals surface area (Å²) in [5.74, 6) is 1.93.